The highest BCUT2D eigenvalue weighted by Crippen LogP contribution is 2.29. The lowest BCUT2D eigenvalue weighted by molar-refractivity contribution is 0.208. The van der Waals surface area contributed by atoms with Gasteiger partial charge in [-0.15, -0.1) is 0 Å². The van der Waals surface area contributed by atoms with Crippen LogP contribution in [0.5, 0.6) is 5.75 Å². The van der Waals surface area contributed by atoms with E-state index in [1.54, 1.807) is 36.3 Å². The number of piperazine rings is 1. The molecule has 1 N–H and O–H groups in total. The summed E-state index contributed by atoms with van der Waals surface area (Å²) in [7, 11) is 1.60. The van der Waals surface area contributed by atoms with Crippen LogP contribution < -0.4 is 15.0 Å². The molecule has 0 spiro atoms. The summed E-state index contributed by atoms with van der Waals surface area (Å²) in [6.45, 7) is 2.78. The van der Waals surface area contributed by atoms with E-state index in [0.717, 1.165) is 24.5 Å². The number of benzene rings is 2. The van der Waals surface area contributed by atoms with Gasteiger partial charge < -0.3 is 19.9 Å². The number of rotatable bonds is 3. The Labute approximate surface area is 157 Å². The van der Waals surface area contributed by atoms with Gasteiger partial charge in [-0.05, 0) is 42.5 Å². The average Bonchev–Trinajstić information content (AvgIpc) is 2.63. The summed E-state index contributed by atoms with van der Waals surface area (Å²) >= 11 is 12.0. The number of carbonyl (C=O) groups excluding carboxylic acids is 1. The molecule has 2 aromatic rings. The molecule has 2 aromatic carbocycles. The van der Waals surface area contributed by atoms with E-state index in [9.17, 15) is 4.79 Å². The molecule has 1 aliphatic rings. The van der Waals surface area contributed by atoms with Gasteiger partial charge >= 0.3 is 6.03 Å². The summed E-state index contributed by atoms with van der Waals surface area (Å²) in [5, 5.41) is 4.12. The van der Waals surface area contributed by atoms with Crippen molar-refractivity contribution in [2.24, 2.45) is 0 Å². The van der Waals surface area contributed by atoms with E-state index in [2.05, 4.69) is 10.2 Å². The van der Waals surface area contributed by atoms with E-state index in [4.69, 9.17) is 27.9 Å². The molecule has 0 saturated carbocycles. The Hall–Kier alpha value is -2.11. The summed E-state index contributed by atoms with van der Waals surface area (Å²) in [6, 6.07) is 12.7. The molecule has 2 amide bonds. The van der Waals surface area contributed by atoms with Gasteiger partial charge in [0.25, 0.3) is 0 Å². The fourth-order valence-electron chi connectivity index (χ4n) is 2.76. The molecule has 0 atom stereocenters. The molecule has 3 rings (SSSR count). The molecule has 7 heteroatoms. The van der Waals surface area contributed by atoms with E-state index in [1.165, 1.54) is 0 Å². The third kappa shape index (κ3) is 4.30. The number of hydrogen-bond acceptors (Lipinski definition) is 3. The second-order valence-corrected chi connectivity index (χ2v) is 6.57. The van der Waals surface area contributed by atoms with Gasteiger partial charge in [0.2, 0.25) is 0 Å². The largest absolute Gasteiger partial charge is 0.495 e. The maximum Gasteiger partial charge on any atom is 0.321 e. The minimum atomic E-state index is -0.102. The monoisotopic (exact) mass is 379 g/mol. The molecule has 0 radical (unpaired) electrons. The van der Waals surface area contributed by atoms with Crippen LogP contribution >= 0.6 is 23.2 Å². The molecule has 0 aromatic heterocycles. The van der Waals surface area contributed by atoms with Gasteiger partial charge in [-0.1, -0.05) is 23.2 Å². The zero-order valence-corrected chi connectivity index (χ0v) is 15.3. The summed E-state index contributed by atoms with van der Waals surface area (Å²) in [5.74, 6) is 0.659. The van der Waals surface area contributed by atoms with Crippen LogP contribution in [0.15, 0.2) is 42.5 Å². The Morgan fingerprint density at radius 1 is 1.04 bits per heavy atom. The van der Waals surface area contributed by atoms with E-state index >= 15 is 0 Å². The number of methoxy groups -OCH3 is 1. The van der Waals surface area contributed by atoms with Crippen LogP contribution in [0.25, 0.3) is 0 Å². The van der Waals surface area contributed by atoms with E-state index in [-0.39, 0.29) is 6.03 Å². The molecule has 0 bridgehead atoms. The first-order valence-corrected chi connectivity index (χ1v) is 8.72. The number of amides is 2. The van der Waals surface area contributed by atoms with Gasteiger partial charge in [0, 0.05) is 42.6 Å². The van der Waals surface area contributed by atoms with Crippen LogP contribution in [0.2, 0.25) is 10.0 Å². The lowest BCUT2D eigenvalue weighted by atomic mass is 10.2. The van der Waals surface area contributed by atoms with Crippen LogP contribution in [0.4, 0.5) is 16.2 Å². The van der Waals surface area contributed by atoms with E-state index < -0.39 is 0 Å². The molecule has 5 nitrogen and oxygen atoms in total. The van der Waals surface area contributed by atoms with Crippen LogP contribution in [-0.4, -0.2) is 44.2 Å². The second-order valence-electron chi connectivity index (χ2n) is 5.73. The smallest absolute Gasteiger partial charge is 0.321 e. The van der Waals surface area contributed by atoms with Crippen molar-refractivity contribution < 1.29 is 9.53 Å². The standard InChI is InChI=1S/C18H19Cl2N3O2/c1-25-17-7-6-15(12-16(17)20)22-8-10-23(11-9-22)18(24)21-14-4-2-13(19)3-5-14/h2-7,12H,8-11H2,1H3,(H,21,24). The highest BCUT2D eigenvalue weighted by molar-refractivity contribution is 6.32. The number of ether oxygens (including phenoxy) is 1. The molecular formula is C18H19Cl2N3O2. The van der Waals surface area contributed by atoms with Crippen molar-refractivity contribution in [3.63, 3.8) is 0 Å². The van der Waals surface area contributed by atoms with Crippen LogP contribution in [0.1, 0.15) is 0 Å². The van der Waals surface area contributed by atoms with Crippen molar-refractivity contribution in [2.45, 2.75) is 0 Å². The number of halogens is 2. The van der Waals surface area contributed by atoms with Crippen LogP contribution in [-0.2, 0) is 0 Å². The first-order valence-electron chi connectivity index (χ1n) is 7.97. The number of hydrogen-bond donors (Lipinski definition) is 1. The van der Waals surface area contributed by atoms with E-state index in [0.29, 0.717) is 28.9 Å². The first-order chi connectivity index (χ1) is 12.1. The predicted octanol–water partition coefficient (Wildman–Crippen LogP) is 4.36. The lowest BCUT2D eigenvalue weighted by Gasteiger charge is -2.36. The Kier molecular flexibility index (Phi) is 5.56. The third-order valence-corrected chi connectivity index (χ3v) is 4.71. The zero-order chi connectivity index (χ0) is 17.8. The lowest BCUT2D eigenvalue weighted by Crippen LogP contribution is -2.50. The van der Waals surface area contributed by atoms with Crippen molar-refractivity contribution in [2.75, 3.05) is 43.5 Å². The quantitative estimate of drug-likeness (QED) is 0.861. The molecule has 0 aliphatic carbocycles. The summed E-state index contributed by atoms with van der Waals surface area (Å²) in [6.07, 6.45) is 0. The SMILES string of the molecule is COc1ccc(N2CCN(C(=O)Nc3ccc(Cl)cc3)CC2)cc1Cl. The molecule has 132 valence electrons. The summed E-state index contributed by atoms with van der Waals surface area (Å²) < 4.78 is 5.18. The number of nitrogens with one attached hydrogen (secondary N) is 1. The number of nitrogens with zero attached hydrogens (tertiary/aromatic N) is 2. The minimum absolute atomic E-state index is 0.102. The number of urea groups is 1. The molecule has 1 saturated heterocycles. The van der Waals surface area contributed by atoms with Crippen molar-refractivity contribution in [1.82, 2.24) is 4.90 Å². The Morgan fingerprint density at radius 3 is 2.32 bits per heavy atom. The Balaban J connectivity index is 1.57. The average molecular weight is 380 g/mol. The minimum Gasteiger partial charge on any atom is -0.495 e. The molecule has 1 heterocycles. The van der Waals surface area contributed by atoms with Crippen molar-refractivity contribution >= 4 is 40.6 Å². The fourth-order valence-corrected chi connectivity index (χ4v) is 3.13. The van der Waals surface area contributed by atoms with E-state index in [1.807, 2.05) is 18.2 Å². The van der Waals surface area contributed by atoms with Gasteiger partial charge in [-0.25, -0.2) is 4.79 Å². The van der Waals surface area contributed by atoms with Gasteiger partial charge in [0.1, 0.15) is 5.75 Å². The molecule has 1 fully saturated rings. The molecule has 0 unspecified atom stereocenters. The topological polar surface area (TPSA) is 44.8 Å². The Morgan fingerprint density at radius 2 is 1.72 bits per heavy atom. The molecular weight excluding hydrogens is 361 g/mol. The van der Waals surface area contributed by atoms with Gasteiger partial charge in [-0.2, -0.15) is 0 Å². The van der Waals surface area contributed by atoms with Crippen molar-refractivity contribution in [3.8, 4) is 5.75 Å². The summed E-state index contributed by atoms with van der Waals surface area (Å²) in [5.41, 5.74) is 1.77. The molecule has 1 aliphatic heterocycles. The van der Waals surface area contributed by atoms with Gasteiger partial charge in [0.05, 0.1) is 12.1 Å². The molecule has 25 heavy (non-hydrogen) atoms. The number of anilines is 2. The maximum absolute atomic E-state index is 12.4. The van der Waals surface area contributed by atoms with Crippen LogP contribution in [0.3, 0.4) is 0 Å². The third-order valence-electron chi connectivity index (χ3n) is 4.16. The number of carbonyl (C=O) groups is 1. The van der Waals surface area contributed by atoms with Gasteiger partial charge in [-0.3, -0.25) is 0 Å². The normalized spacial score (nSPS) is 14.4. The van der Waals surface area contributed by atoms with Gasteiger partial charge in [0.15, 0.2) is 0 Å². The highest BCUT2D eigenvalue weighted by Gasteiger charge is 2.21. The Bertz CT molecular complexity index is 744. The first kappa shape index (κ1) is 17.7. The predicted molar refractivity (Wildman–Crippen MR) is 102 cm³/mol. The zero-order valence-electron chi connectivity index (χ0n) is 13.8. The fraction of sp³-hybridized carbons (Fsp3) is 0.278. The van der Waals surface area contributed by atoms with Crippen molar-refractivity contribution in [3.05, 3.63) is 52.5 Å². The second kappa shape index (κ2) is 7.85. The highest BCUT2D eigenvalue weighted by atomic mass is 35.5. The van der Waals surface area contributed by atoms with Crippen molar-refractivity contribution in [1.29, 1.82) is 0 Å². The summed E-state index contributed by atoms with van der Waals surface area (Å²) in [4.78, 5) is 16.4. The maximum atomic E-state index is 12.4. The van der Waals surface area contributed by atoms with Crippen LogP contribution in [0, 0.1) is 0 Å².